The lowest BCUT2D eigenvalue weighted by Gasteiger charge is -2.10. The highest BCUT2D eigenvalue weighted by Crippen LogP contribution is 2.19. The maximum atomic E-state index is 11.8. The molecule has 2 rings (SSSR count). The van der Waals surface area contributed by atoms with E-state index in [0.29, 0.717) is 12.2 Å². The molecule has 3 N–H and O–H groups in total. The first kappa shape index (κ1) is 13.9. The van der Waals surface area contributed by atoms with Gasteiger partial charge < -0.3 is 15.7 Å². The van der Waals surface area contributed by atoms with Crippen molar-refractivity contribution in [2.24, 2.45) is 0 Å². The molecule has 0 atom stereocenters. The fourth-order valence-corrected chi connectivity index (χ4v) is 1.96. The minimum absolute atomic E-state index is 0.188. The molecule has 104 valence electrons. The van der Waals surface area contributed by atoms with Crippen LogP contribution in [0.15, 0.2) is 42.5 Å². The molecule has 0 aromatic heterocycles. The van der Waals surface area contributed by atoms with E-state index in [1.165, 1.54) is 5.56 Å². The molecular formula is C16H18N2O2. The molecule has 0 aliphatic rings. The molecule has 0 fully saturated rings. The van der Waals surface area contributed by atoms with Gasteiger partial charge >= 0.3 is 6.03 Å². The van der Waals surface area contributed by atoms with Crippen molar-refractivity contribution in [3.8, 4) is 5.75 Å². The number of aryl methyl sites for hydroxylation is 2. The molecule has 0 spiro atoms. The van der Waals surface area contributed by atoms with Crippen molar-refractivity contribution in [3.05, 3.63) is 59.2 Å². The summed E-state index contributed by atoms with van der Waals surface area (Å²) in [6, 6.07) is 12.6. The number of phenolic OH excluding ortho intramolecular Hbond substituents is 1. The Balaban J connectivity index is 1.92. The van der Waals surface area contributed by atoms with Gasteiger partial charge in [-0.1, -0.05) is 29.8 Å². The van der Waals surface area contributed by atoms with E-state index >= 15 is 0 Å². The monoisotopic (exact) mass is 270 g/mol. The Kier molecular flexibility index (Phi) is 4.25. The zero-order chi connectivity index (χ0) is 14.5. The predicted molar refractivity (Wildman–Crippen MR) is 79.9 cm³/mol. The maximum absolute atomic E-state index is 11.8. The average Bonchev–Trinajstić information content (AvgIpc) is 2.40. The van der Waals surface area contributed by atoms with Crippen LogP contribution in [0.25, 0.3) is 0 Å². The molecule has 0 saturated carbocycles. The van der Waals surface area contributed by atoms with E-state index < -0.39 is 0 Å². The number of rotatable bonds is 3. The molecule has 2 aromatic carbocycles. The van der Waals surface area contributed by atoms with Crippen molar-refractivity contribution in [2.45, 2.75) is 20.4 Å². The fourth-order valence-electron chi connectivity index (χ4n) is 1.96. The third-order valence-corrected chi connectivity index (χ3v) is 2.99. The fraction of sp³-hybridized carbons (Fsp3) is 0.188. The van der Waals surface area contributed by atoms with Gasteiger partial charge in [0.2, 0.25) is 0 Å². The van der Waals surface area contributed by atoms with Crippen LogP contribution >= 0.6 is 0 Å². The first-order valence-electron chi connectivity index (χ1n) is 6.44. The van der Waals surface area contributed by atoms with Gasteiger partial charge in [0, 0.05) is 12.2 Å². The number of anilines is 1. The molecule has 0 heterocycles. The van der Waals surface area contributed by atoms with Crippen molar-refractivity contribution in [2.75, 3.05) is 5.32 Å². The molecule has 0 aliphatic carbocycles. The molecule has 20 heavy (non-hydrogen) atoms. The maximum Gasteiger partial charge on any atom is 0.319 e. The Morgan fingerprint density at radius 2 is 1.95 bits per heavy atom. The van der Waals surface area contributed by atoms with Crippen LogP contribution < -0.4 is 10.6 Å². The van der Waals surface area contributed by atoms with Crippen molar-refractivity contribution in [1.29, 1.82) is 0 Å². The van der Waals surface area contributed by atoms with E-state index in [2.05, 4.69) is 10.6 Å². The largest absolute Gasteiger partial charge is 0.508 e. The summed E-state index contributed by atoms with van der Waals surface area (Å²) in [4.78, 5) is 11.8. The predicted octanol–water partition coefficient (Wildman–Crippen LogP) is 3.33. The van der Waals surface area contributed by atoms with Crippen molar-refractivity contribution in [1.82, 2.24) is 5.32 Å². The SMILES string of the molecule is Cc1cccc(CNC(=O)Nc2ccc(O)cc2C)c1. The summed E-state index contributed by atoms with van der Waals surface area (Å²) in [6.45, 7) is 4.32. The summed E-state index contributed by atoms with van der Waals surface area (Å²) in [6.07, 6.45) is 0. The van der Waals surface area contributed by atoms with Crippen LogP contribution in [0.1, 0.15) is 16.7 Å². The van der Waals surface area contributed by atoms with E-state index in [4.69, 9.17) is 0 Å². The van der Waals surface area contributed by atoms with Crippen LogP contribution in [0, 0.1) is 13.8 Å². The Morgan fingerprint density at radius 1 is 1.15 bits per heavy atom. The summed E-state index contributed by atoms with van der Waals surface area (Å²) in [5, 5.41) is 14.9. The normalized spacial score (nSPS) is 10.1. The molecule has 0 unspecified atom stereocenters. The number of urea groups is 1. The summed E-state index contributed by atoms with van der Waals surface area (Å²) >= 11 is 0. The number of aromatic hydroxyl groups is 1. The molecule has 0 bridgehead atoms. The second-order valence-electron chi connectivity index (χ2n) is 4.80. The van der Waals surface area contributed by atoms with Crippen molar-refractivity contribution >= 4 is 11.7 Å². The van der Waals surface area contributed by atoms with Crippen LogP contribution in [0.5, 0.6) is 5.75 Å². The second kappa shape index (κ2) is 6.10. The molecule has 4 nitrogen and oxygen atoms in total. The molecule has 0 saturated heterocycles. The molecule has 2 amide bonds. The van der Waals surface area contributed by atoms with Crippen LogP contribution in [0.2, 0.25) is 0 Å². The van der Waals surface area contributed by atoms with E-state index in [1.807, 2.05) is 38.1 Å². The van der Waals surface area contributed by atoms with Gasteiger partial charge in [-0.15, -0.1) is 0 Å². The van der Waals surface area contributed by atoms with Gasteiger partial charge in [0.05, 0.1) is 0 Å². The average molecular weight is 270 g/mol. The van der Waals surface area contributed by atoms with Gasteiger partial charge in [-0.3, -0.25) is 0 Å². The highest BCUT2D eigenvalue weighted by atomic mass is 16.3. The topological polar surface area (TPSA) is 61.4 Å². The molecule has 2 aromatic rings. The minimum Gasteiger partial charge on any atom is -0.508 e. The lowest BCUT2D eigenvalue weighted by molar-refractivity contribution is 0.251. The Morgan fingerprint density at radius 3 is 2.65 bits per heavy atom. The summed E-state index contributed by atoms with van der Waals surface area (Å²) in [5.41, 5.74) is 3.72. The number of carbonyl (C=O) groups is 1. The standard InChI is InChI=1S/C16H18N2O2/c1-11-4-3-5-13(8-11)10-17-16(20)18-15-7-6-14(19)9-12(15)2/h3-9,19H,10H2,1-2H3,(H2,17,18,20). The van der Waals surface area contributed by atoms with Gasteiger partial charge in [-0.05, 0) is 43.2 Å². The van der Waals surface area contributed by atoms with Gasteiger partial charge in [-0.2, -0.15) is 0 Å². The number of hydrogen-bond donors (Lipinski definition) is 3. The zero-order valence-corrected chi connectivity index (χ0v) is 11.6. The third kappa shape index (κ3) is 3.75. The first-order valence-corrected chi connectivity index (χ1v) is 6.44. The van der Waals surface area contributed by atoms with Gasteiger partial charge in [0.1, 0.15) is 5.75 Å². The smallest absolute Gasteiger partial charge is 0.319 e. The summed E-state index contributed by atoms with van der Waals surface area (Å²) in [7, 11) is 0. The number of benzene rings is 2. The molecular weight excluding hydrogens is 252 g/mol. The number of carbonyl (C=O) groups excluding carboxylic acids is 1. The zero-order valence-electron chi connectivity index (χ0n) is 11.6. The van der Waals surface area contributed by atoms with E-state index in [9.17, 15) is 9.90 Å². The third-order valence-electron chi connectivity index (χ3n) is 2.99. The van der Waals surface area contributed by atoms with Crippen molar-refractivity contribution < 1.29 is 9.90 Å². The first-order chi connectivity index (χ1) is 9.54. The van der Waals surface area contributed by atoms with Crippen LogP contribution in [0.4, 0.5) is 10.5 Å². The number of phenols is 1. The Bertz CT molecular complexity index is 624. The summed E-state index contributed by atoms with van der Waals surface area (Å²) in [5.74, 6) is 0.188. The quantitative estimate of drug-likeness (QED) is 0.749. The minimum atomic E-state index is -0.264. The van der Waals surface area contributed by atoms with Crippen LogP contribution in [-0.4, -0.2) is 11.1 Å². The van der Waals surface area contributed by atoms with E-state index in [0.717, 1.165) is 11.1 Å². The number of hydrogen-bond acceptors (Lipinski definition) is 2. The Labute approximate surface area is 118 Å². The number of nitrogens with one attached hydrogen (secondary N) is 2. The Hall–Kier alpha value is -2.49. The summed E-state index contributed by atoms with van der Waals surface area (Å²) < 4.78 is 0. The molecule has 0 aliphatic heterocycles. The molecule has 4 heteroatoms. The highest BCUT2D eigenvalue weighted by Gasteiger charge is 2.04. The van der Waals surface area contributed by atoms with Crippen LogP contribution in [0.3, 0.4) is 0 Å². The lowest BCUT2D eigenvalue weighted by atomic mass is 10.1. The van der Waals surface area contributed by atoms with Crippen molar-refractivity contribution in [3.63, 3.8) is 0 Å². The highest BCUT2D eigenvalue weighted by molar-refractivity contribution is 5.90. The second-order valence-corrected chi connectivity index (χ2v) is 4.80. The van der Waals surface area contributed by atoms with Crippen LogP contribution in [-0.2, 0) is 6.54 Å². The van der Waals surface area contributed by atoms with E-state index in [-0.39, 0.29) is 11.8 Å². The molecule has 0 radical (unpaired) electrons. The van der Waals surface area contributed by atoms with Gasteiger partial charge in [-0.25, -0.2) is 4.79 Å². The van der Waals surface area contributed by atoms with E-state index in [1.54, 1.807) is 18.2 Å². The van der Waals surface area contributed by atoms with Gasteiger partial charge in [0.25, 0.3) is 0 Å². The van der Waals surface area contributed by atoms with Gasteiger partial charge in [0.15, 0.2) is 0 Å². The lowest BCUT2D eigenvalue weighted by Crippen LogP contribution is -2.28. The number of amides is 2.